The number of aliphatic imine (C=N–C) groups is 1. The summed E-state index contributed by atoms with van der Waals surface area (Å²) >= 11 is 0. The predicted molar refractivity (Wildman–Crippen MR) is 167 cm³/mol. The van der Waals surface area contributed by atoms with Crippen LogP contribution in [-0.4, -0.2) is 109 Å². The number of unbranched alkanes of at least 4 members (excludes halogenated alkanes) is 1. The molecular weight excluding hydrogens is 592 g/mol. The minimum atomic E-state index is -1.40. The number of nitrogens with one attached hydrogen (secondary N) is 5. The molecule has 0 saturated carbocycles. The molecule has 0 aliphatic heterocycles. The highest BCUT2D eigenvalue weighted by molar-refractivity contribution is 5.95. The first kappa shape index (κ1) is 41.4. The van der Waals surface area contributed by atoms with E-state index in [0.29, 0.717) is 25.8 Å². The topological polar surface area (TPSA) is 354 Å². The molecule has 0 aromatic heterocycles. The molecule has 0 aromatic carbocycles. The number of nitrogens with two attached hydrogens (primary N) is 6. The number of carbonyl (C=O) groups excluding carboxylic acids is 4. The summed E-state index contributed by atoms with van der Waals surface area (Å²) in [6, 6.07) is -6.02. The summed E-state index contributed by atoms with van der Waals surface area (Å²) in [5.41, 5.74) is 33.0. The molecule has 0 rings (SSSR count). The average molecular weight is 647 g/mol. The first-order chi connectivity index (χ1) is 21.1. The lowest BCUT2D eigenvalue weighted by atomic mass is 10.0. The van der Waals surface area contributed by atoms with E-state index in [1.165, 1.54) is 0 Å². The van der Waals surface area contributed by atoms with E-state index >= 15 is 0 Å². The van der Waals surface area contributed by atoms with Crippen molar-refractivity contribution in [1.29, 1.82) is 0 Å². The van der Waals surface area contributed by atoms with Crippen LogP contribution in [0.1, 0.15) is 58.8 Å². The van der Waals surface area contributed by atoms with E-state index in [1.54, 1.807) is 13.8 Å². The molecule has 45 heavy (non-hydrogen) atoms. The van der Waals surface area contributed by atoms with E-state index in [2.05, 4.69) is 31.6 Å². The number of carbonyl (C=O) groups is 5. The number of aliphatic hydroxyl groups excluding tert-OH is 1. The van der Waals surface area contributed by atoms with Gasteiger partial charge in [-0.15, -0.1) is 0 Å². The number of carboxylic acid groups (broad SMARTS) is 1. The third kappa shape index (κ3) is 18.1. The molecule has 0 spiro atoms. The van der Waals surface area contributed by atoms with E-state index in [9.17, 15) is 34.2 Å². The van der Waals surface area contributed by atoms with Gasteiger partial charge in [-0.1, -0.05) is 13.8 Å². The lowest BCUT2D eigenvalue weighted by Crippen LogP contribution is -2.59. The third-order valence-electron chi connectivity index (χ3n) is 6.66. The van der Waals surface area contributed by atoms with E-state index in [1.807, 2.05) is 0 Å². The van der Waals surface area contributed by atoms with E-state index in [0.717, 1.165) is 0 Å². The lowest BCUT2D eigenvalue weighted by Gasteiger charge is -2.26. The van der Waals surface area contributed by atoms with Crippen molar-refractivity contribution >= 4 is 35.6 Å². The molecule has 0 unspecified atom stereocenters. The van der Waals surface area contributed by atoms with Crippen molar-refractivity contribution in [1.82, 2.24) is 26.6 Å². The van der Waals surface area contributed by atoms with Crippen LogP contribution in [0.25, 0.3) is 0 Å². The van der Waals surface area contributed by atoms with Gasteiger partial charge in [-0.05, 0) is 64.0 Å². The fourth-order valence-corrected chi connectivity index (χ4v) is 3.95. The lowest BCUT2D eigenvalue weighted by molar-refractivity contribution is -0.142. The Morgan fingerprint density at radius 3 is 1.67 bits per heavy atom. The SMILES string of the molecule is CC(C)[C@H](N)C(=O)N[C@@H](CO)C(=O)N[C@@H](CCCCN)C(=O)N[C@@H](CCCNC(N)N)C(=O)N[C@@H](CCCN=C(N)N)C(=O)O. The number of aliphatic carboxylic acids is 1. The minimum absolute atomic E-state index is 0.00854. The van der Waals surface area contributed by atoms with Crippen LogP contribution in [0.15, 0.2) is 4.99 Å². The van der Waals surface area contributed by atoms with Gasteiger partial charge in [0.1, 0.15) is 30.5 Å². The van der Waals surface area contributed by atoms with E-state index < -0.39 is 72.7 Å². The second kappa shape index (κ2) is 22.8. The minimum Gasteiger partial charge on any atom is -0.480 e. The van der Waals surface area contributed by atoms with Gasteiger partial charge in [0.05, 0.1) is 12.6 Å². The van der Waals surface area contributed by atoms with Crippen molar-refractivity contribution < 1.29 is 34.2 Å². The zero-order chi connectivity index (χ0) is 34.5. The highest BCUT2D eigenvalue weighted by Gasteiger charge is 2.31. The second-order valence-corrected chi connectivity index (χ2v) is 10.9. The molecule has 19 nitrogen and oxygen atoms in total. The molecule has 0 bridgehead atoms. The van der Waals surface area contributed by atoms with Crippen LogP contribution in [0.4, 0.5) is 0 Å². The summed E-state index contributed by atoms with van der Waals surface area (Å²) in [6.07, 6.45) is 0.887. The van der Waals surface area contributed by atoms with Crippen LogP contribution in [0.5, 0.6) is 0 Å². The number of hydrogen-bond donors (Lipinski definition) is 13. The Morgan fingerprint density at radius 1 is 0.711 bits per heavy atom. The number of rotatable bonds is 24. The maximum Gasteiger partial charge on any atom is 0.326 e. The Morgan fingerprint density at radius 2 is 1.20 bits per heavy atom. The van der Waals surface area contributed by atoms with Crippen LogP contribution >= 0.6 is 0 Å². The zero-order valence-corrected chi connectivity index (χ0v) is 26.2. The molecule has 4 amide bonds. The van der Waals surface area contributed by atoms with Gasteiger partial charge < -0.3 is 65.9 Å². The Bertz CT molecular complexity index is 963. The molecule has 19 heteroatoms. The van der Waals surface area contributed by atoms with Gasteiger partial charge in [-0.2, -0.15) is 0 Å². The Balaban J connectivity index is 5.84. The number of hydrogen-bond acceptors (Lipinski definition) is 12. The summed E-state index contributed by atoms with van der Waals surface area (Å²) in [6.45, 7) is 3.43. The summed E-state index contributed by atoms with van der Waals surface area (Å²) in [5.74, 6) is -4.70. The molecular formula is C26H54N12O7. The van der Waals surface area contributed by atoms with Gasteiger partial charge in [0.25, 0.3) is 0 Å². The molecule has 5 atom stereocenters. The molecule has 0 aliphatic rings. The van der Waals surface area contributed by atoms with Crippen LogP contribution in [0.3, 0.4) is 0 Å². The Labute approximate surface area is 263 Å². The predicted octanol–water partition coefficient (Wildman–Crippen LogP) is -5.26. The monoisotopic (exact) mass is 646 g/mol. The number of amides is 4. The smallest absolute Gasteiger partial charge is 0.326 e. The van der Waals surface area contributed by atoms with E-state index in [4.69, 9.17) is 34.4 Å². The molecule has 0 radical (unpaired) electrons. The molecule has 260 valence electrons. The highest BCUT2D eigenvalue weighted by atomic mass is 16.4. The molecule has 0 fully saturated rings. The molecule has 0 aromatic rings. The molecule has 0 aliphatic carbocycles. The van der Waals surface area contributed by atoms with Crippen molar-refractivity contribution in [3.63, 3.8) is 0 Å². The van der Waals surface area contributed by atoms with Gasteiger partial charge >= 0.3 is 5.97 Å². The zero-order valence-electron chi connectivity index (χ0n) is 26.2. The van der Waals surface area contributed by atoms with Crippen molar-refractivity contribution in [3.8, 4) is 0 Å². The normalized spacial score (nSPS) is 14.5. The van der Waals surface area contributed by atoms with Gasteiger partial charge in [0.15, 0.2) is 5.96 Å². The second-order valence-electron chi connectivity index (χ2n) is 10.9. The molecule has 19 N–H and O–H groups in total. The average Bonchev–Trinajstić information content (AvgIpc) is 2.96. The summed E-state index contributed by atoms with van der Waals surface area (Å²) < 4.78 is 0. The van der Waals surface area contributed by atoms with Crippen molar-refractivity contribution in [2.24, 2.45) is 45.3 Å². The number of aliphatic hydroxyl groups is 1. The van der Waals surface area contributed by atoms with Crippen molar-refractivity contribution in [2.75, 3.05) is 26.2 Å². The van der Waals surface area contributed by atoms with Gasteiger partial charge in [-0.3, -0.25) is 29.5 Å². The number of guanidine groups is 1. The Hall–Kier alpha value is -3.62. The maximum absolute atomic E-state index is 13.4. The Kier molecular flexibility index (Phi) is 21.0. The van der Waals surface area contributed by atoms with Crippen LogP contribution in [0.2, 0.25) is 0 Å². The third-order valence-corrected chi connectivity index (χ3v) is 6.66. The summed E-state index contributed by atoms with van der Waals surface area (Å²) in [5, 5.41) is 32.1. The summed E-state index contributed by atoms with van der Waals surface area (Å²) in [4.78, 5) is 67.7. The standard InChI is InChI=1S/C26H54N12O7/c1-14(2)19(28)23(43)38-18(13-39)22(42)36-15(7-3-4-10-27)20(40)35-16(8-5-11-33-25(29)30)21(41)37-17(24(44)45)9-6-12-34-26(31)32/h14-19,25,33,39H,3-13,27-30H2,1-2H3,(H,35,40)(H,36,42)(H,37,41)(H,38,43)(H,44,45)(H4,31,32,34)/t15-,16-,17-,18-,19-/m0/s1. The van der Waals surface area contributed by atoms with Gasteiger partial charge in [-0.25, -0.2) is 4.79 Å². The molecule has 0 saturated heterocycles. The number of carboxylic acids is 1. The van der Waals surface area contributed by atoms with Crippen LogP contribution in [0, 0.1) is 5.92 Å². The molecule has 0 heterocycles. The van der Waals surface area contributed by atoms with Crippen molar-refractivity contribution in [3.05, 3.63) is 0 Å². The first-order valence-electron chi connectivity index (χ1n) is 14.9. The van der Waals surface area contributed by atoms with Gasteiger partial charge in [0, 0.05) is 6.54 Å². The fourth-order valence-electron chi connectivity index (χ4n) is 3.95. The fraction of sp³-hybridized carbons (Fsp3) is 0.769. The van der Waals surface area contributed by atoms with Crippen LogP contribution < -0.4 is 61.0 Å². The van der Waals surface area contributed by atoms with Crippen molar-refractivity contribution in [2.45, 2.75) is 95.3 Å². The van der Waals surface area contributed by atoms with E-state index in [-0.39, 0.29) is 50.7 Å². The number of nitrogens with zero attached hydrogens (tertiary/aromatic N) is 1. The maximum atomic E-state index is 13.4. The summed E-state index contributed by atoms with van der Waals surface area (Å²) in [7, 11) is 0. The first-order valence-corrected chi connectivity index (χ1v) is 14.9. The largest absolute Gasteiger partial charge is 0.480 e. The van der Waals surface area contributed by atoms with Crippen LogP contribution in [-0.2, 0) is 24.0 Å². The quantitative estimate of drug-likeness (QED) is 0.0202. The highest BCUT2D eigenvalue weighted by Crippen LogP contribution is 2.07. The van der Waals surface area contributed by atoms with Gasteiger partial charge in [0.2, 0.25) is 23.6 Å².